The van der Waals surface area contributed by atoms with Gasteiger partial charge in [0.25, 0.3) is 0 Å². The van der Waals surface area contributed by atoms with Crippen molar-refractivity contribution in [1.29, 1.82) is 0 Å². The van der Waals surface area contributed by atoms with Crippen molar-refractivity contribution >= 4 is 0 Å². The van der Waals surface area contributed by atoms with E-state index in [0.29, 0.717) is 16.7 Å². The van der Waals surface area contributed by atoms with E-state index >= 15 is 0 Å². The van der Waals surface area contributed by atoms with Crippen LogP contribution in [0.1, 0.15) is 117 Å². The first kappa shape index (κ1) is 22.7. The molecular weight excluding hydrogens is 388 g/mol. The summed E-state index contributed by atoms with van der Waals surface area (Å²) in [5, 5.41) is 0. The third kappa shape index (κ3) is 3.72. The summed E-state index contributed by atoms with van der Waals surface area (Å²) in [6.07, 6.45) is 22.2. The number of aromatic nitrogens is 2. The Morgan fingerprint density at radius 2 is 1.88 bits per heavy atom. The molecule has 3 saturated carbocycles. The van der Waals surface area contributed by atoms with Crippen molar-refractivity contribution in [3.8, 4) is 0 Å². The van der Waals surface area contributed by atoms with Crippen LogP contribution in [0.3, 0.4) is 0 Å². The average Bonchev–Trinajstić information content (AvgIpc) is 3.40. The standard InChI is InChI=1S/C30H48N2/c1-20(2)7-6-8-21(3)25-11-12-26-24-10-9-23-19-22(28-31-17-18-32-28)13-15-29(23,4)27(24)14-16-30(25,26)5/h9,17-18,20-22,24-27H,6-8,10-16,19H2,1-5H3,(H,31,32)/t21-,22+,24+,25-,26+,27+,29+,30-/m1/s1. The minimum Gasteiger partial charge on any atom is -0.348 e. The van der Waals surface area contributed by atoms with Crippen LogP contribution in [0, 0.1) is 46.3 Å². The van der Waals surface area contributed by atoms with Gasteiger partial charge in [0, 0.05) is 18.3 Å². The van der Waals surface area contributed by atoms with Gasteiger partial charge in [-0.15, -0.1) is 0 Å². The summed E-state index contributed by atoms with van der Waals surface area (Å²) in [7, 11) is 0. The van der Waals surface area contributed by atoms with Gasteiger partial charge in [-0.05, 0) is 97.7 Å². The highest BCUT2D eigenvalue weighted by atomic mass is 14.9. The smallest absolute Gasteiger partial charge is 0.109 e. The van der Waals surface area contributed by atoms with Gasteiger partial charge in [0.2, 0.25) is 0 Å². The van der Waals surface area contributed by atoms with Crippen LogP contribution in [0.4, 0.5) is 0 Å². The molecule has 1 heterocycles. The summed E-state index contributed by atoms with van der Waals surface area (Å²) in [4.78, 5) is 8.01. The topological polar surface area (TPSA) is 28.7 Å². The maximum absolute atomic E-state index is 4.61. The molecule has 4 aliphatic carbocycles. The first-order valence-corrected chi connectivity index (χ1v) is 14.0. The lowest BCUT2D eigenvalue weighted by Crippen LogP contribution is -2.50. The Kier molecular flexibility index (Phi) is 6.13. The number of imidazole rings is 1. The summed E-state index contributed by atoms with van der Waals surface area (Å²) in [5.41, 5.74) is 2.84. The number of H-pyrrole nitrogens is 1. The van der Waals surface area contributed by atoms with E-state index in [4.69, 9.17) is 0 Å². The van der Waals surface area contributed by atoms with Crippen LogP contribution in [0.2, 0.25) is 0 Å². The minimum atomic E-state index is 0.453. The zero-order valence-electron chi connectivity index (χ0n) is 21.5. The van der Waals surface area contributed by atoms with Gasteiger partial charge < -0.3 is 4.98 Å². The van der Waals surface area contributed by atoms with E-state index in [1.165, 1.54) is 76.5 Å². The number of nitrogens with one attached hydrogen (secondary N) is 1. The Morgan fingerprint density at radius 3 is 2.62 bits per heavy atom. The molecule has 32 heavy (non-hydrogen) atoms. The average molecular weight is 437 g/mol. The van der Waals surface area contributed by atoms with Gasteiger partial charge in [0.1, 0.15) is 5.82 Å². The third-order valence-corrected chi connectivity index (χ3v) is 11.2. The van der Waals surface area contributed by atoms with Gasteiger partial charge >= 0.3 is 0 Å². The molecule has 0 unspecified atom stereocenters. The highest BCUT2D eigenvalue weighted by Gasteiger charge is 2.59. The predicted octanol–water partition coefficient (Wildman–Crippen LogP) is 8.53. The molecule has 1 aromatic heterocycles. The fourth-order valence-corrected chi connectivity index (χ4v) is 9.42. The van der Waals surface area contributed by atoms with E-state index < -0.39 is 0 Å². The van der Waals surface area contributed by atoms with Crippen molar-refractivity contribution in [2.45, 2.75) is 111 Å². The zero-order valence-corrected chi connectivity index (χ0v) is 21.5. The van der Waals surface area contributed by atoms with Crippen molar-refractivity contribution in [1.82, 2.24) is 9.97 Å². The molecule has 0 spiro atoms. The van der Waals surface area contributed by atoms with Gasteiger partial charge in [-0.1, -0.05) is 65.5 Å². The van der Waals surface area contributed by atoms with Gasteiger partial charge in [-0.3, -0.25) is 0 Å². The number of rotatable bonds is 6. The molecule has 1 aromatic rings. The maximum Gasteiger partial charge on any atom is 0.109 e. The highest BCUT2D eigenvalue weighted by molar-refractivity contribution is 5.27. The number of hydrogen-bond acceptors (Lipinski definition) is 1. The van der Waals surface area contributed by atoms with Crippen molar-refractivity contribution in [2.24, 2.45) is 46.3 Å². The van der Waals surface area contributed by atoms with Crippen LogP contribution in [0.25, 0.3) is 0 Å². The van der Waals surface area contributed by atoms with Gasteiger partial charge in [-0.25, -0.2) is 4.98 Å². The SMILES string of the molecule is CC(C)CCC[C@@H](C)[C@H]1CC[C@H]2[C@@H]3CC=C4C[C@@H](c5ncc[nH]5)CC[C@]4(C)[C@H]3CC[C@]12C. The Morgan fingerprint density at radius 1 is 1.03 bits per heavy atom. The summed E-state index contributed by atoms with van der Waals surface area (Å²) >= 11 is 0. The zero-order chi connectivity index (χ0) is 22.5. The van der Waals surface area contributed by atoms with Gasteiger partial charge in [0.05, 0.1) is 0 Å². The molecule has 0 aromatic carbocycles. The summed E-state index contributed by atoms with van der Waals surface area (Å²) in [6.45, 7) is 12.7. The molecule has 178 valence electrons. The van der Waals surface area contributed by atoms with E-state index in [0.717, 1.165) is 35.5 Å². The molecule has 4 aliphatic rings. The fourth-order valence-electron chi connectivity index (χ4n) is 9.42. The summed E-state index contributed by atoms with van der Waals surface area (Å²) in [6, 6.07) is 0. The first-order valence-electron chi connectivity index (χ1n) is 14.0. The lowest BCUT2D eigenvalue weighted by molar-refractivity contribution is -0.0511. The van der Waals surface area contributed by atoms with E-state index in [1.807, 2.05) is 12.4 Å². The molecule has 8 atom stereocenters. The second kappa shape index (κ2) is 8.62. The Balaban J connectivity index is 1.31. The van der Waals surface area contributed by atoms with Crippen LogP contribution in [0.5, 0.6) is 0 Å². The van der Waals surface area contributed by atoms with Crippen LogP contribution >= 0.6 is 0 Å². The minimum absolute atomic E-state index is 0.453. The Bertz CT molecular complexity index is 807. The molecule has 0 radical (unpaired) electrons. The maximum atomic E-state index is 4.61. The largest absolute Gasteiger partial charge is 0.348 e. The lowest BCUT2D eigenvalue weighted by atomic mass is 9.46. The van der Waals surface area contributed by atoms with Crippen LogP contribution in [-0.4, -0.2) is 9.97 Å². The van der Waals surface area contributed by atoms with E-state index in [2.05, 4.69) is 50.7 Å². The number of fused-ring (bicyclic) bond motifs is 5. The Hall–Kier alpha value is -1.05. The molecule has 0 bridgehead atoms. The fraction of sp³-hybridized carbons (Fsp3) is 0.833. The third-order valence-electron chi connectivity index (χ3n) is 11.2. The first-order chi connectivity index (χ1) is 15.3. The number of aromatic amines is 1. The highest BCUT2D eigenvalue weighted by Crippen LogP contribution is 2.67. The predicted molar refractivity (Wildman–Crippen MR) is 134 cm³/mol. The summed E-state index contributed by atoms with van der Waals surface area (Å²) < 4.78 is 0. The van der Waals surface area contributed by atoms with E-state index in [9.17, 15) is 0 Å². The number of nitrogens with zero attached hydrogens (tertiary/aromatic N) is 1. The van der Waals surface area contributed by atoms with E-state index in [1.54, 1.807) is 5.57 Å². The number of allylic oxidation sites excluding steroid dienone is 2. The van der Waals surface area contributed by atoms with E-state index in [-0.39, 0.29) is 0 Å². The molecule has 3 fully saturated rings. The van der Waals surface area contributed by atoms with Gasteiger partial charge in [0.15, 0.2) is 0 Å². The quantitative estimate of drug-likeness (QED) is 0.445. The van der Waals surface area contributed by atoms with Gasteiger partial charge in [-0.2, -0.15) is 0 Å². The van der Waals surface area contributed by atoms with Crippen molar-refractivity contribution in [2.75, 3.05) is 0 Å². The monoisotopic (exact) mass is 436 g/mol. The summed E-state index contributed by atoms with van der Waals surface area (Å²) in [5.74, 6) is 7.40. The van der Waals surface area contributed by atoms with Crippen molar-refractivity contribution in [3.05, 3.63) is 29.9 Å². The van der Waals surface area contributed by atoms with Crippen molar-refractivity contribution < 1.29 is 0 Å². The molecule has 0 saturated heterocycles. The number of hydrogen-bond donors (Lipinski definition) is 1. The lowest BCUT2D eigenvalue weighted by Gasteiger charge is -2.58. The Labute approximate surface area is 197 Å². The van der Waals surface area contributed by atoms with Crippen LogP contribution in [0.15, 0.2) is 24.0 Å². The normalized spacial score (nSPS) is 42.2. The molecular formula is C30H48N2. The second-order valence-electron chi connectivity index (χ2n) is 13.2. The molecule has 2 nitrogen and oxygen atoms in total. The molecule has 0 aliphatic heterocycles. The molecule has 2 heteroatoms. The second-order valence-corrected chi connectivity index (χ2v) is 13.2. The molecule has 1 N–H and O–H groups in total. The van der Waals surface area contributed by atoms with Crippen molar-refractivity contribution in [3.63, 3.8) is 0 Å². The molecule has 0 amide bonds. The molecule has 5 rings (SSSR count). The van der Waals surface area contributed by atoms with Crippen LogP contribution in [-0.2, 0) is 0 Å². The van der Waals surface area contributed by atoms with Crippen LogP contribution < -0.4 is 0 Å².